The Morgan fingerprint density at radius 3 is 2.42 bits per heavy atom. The summed E-state index contributed by atoms with van der Waals surface area (Å²) < 4.78 is 20.6. The van der Waals surface area contributed by atoms with Crippen LogP contribution in [0.25, 0.3) is 28.3 Å². The van der Waals surface area contributed by atoms with E-state index in [1.807, 2.05) is 42.5 Å². The Bertz CT molecular complexity index is 1070. The summed E-state index contributed by atoms with van der Waals surface area (Å²) in [7, 11) is 0. The molecule has 0 radical (unpaired) electrons. The van der Waals surface area contributed by atoms with Crippen molar-refractivity contribution >= 4 is 6.08 Å². The molecule has 1 heterocycles. The van der Waals surface area contributed by atoms with Gasteiger partial charge in [-0.2, -0.15) is 0 Å². The number of rotatable bonds is 12. The highest BCUT2D eigenvalue weighted by Gasteiger charge is 2.07. The molecule has 0 saturated carbocycles. The van der Waals surface area contributed by atoms with Crippen LogP contribution in [-0.2, 0) is 4.74 Å². The third kappa shape index (κ3) is 7.83. The van der Waals surface area contributed by atoms with Gasteiger partial charge in [-0.1, -0.05) is 68.3 Å². The molecule has 1 aromatic heterocycles. The van der Waals surface area contributed by atoms with Gasteiger partial charge in [-0.15, -0.1) is 0 Å². The van der Waals surface area contributed by atoms with Crippen molar-refractivity contribution in [1.29, 1.82) is 0 Å². The zero-order valence-corrected chi connectivity index (χ0v) is 19.6. The maximum atomic E-state index is 14.8. The predicted octanol–water partition coefficient (Wildman–Crippen LogP) is 7.63. The van der Waals surface area contributed by atoms with E-state index >= 15 is 0 Å². The van der Waals surface area contributed by atoms with Gasteiger partial charge in [-0.25, -0.2) is 4.39 Å². The Kier molecular flexibility index (Phi) is 9.64. The summed E-state index contributed by atoms with van der Waals surface area (Å²) in [5.41, 5.74) is 4.02. The molecule has 0 spiro atoms. The Morgan fingerprint density at radius 1 is 0.970 bits per heavy atom. The van der Waals surface area contributed by atoms with Crippen LogP contribution in [0.4, 0.5) is 4.39 Å². The summed E-state index contributed by atoms with van der Waals surface area (Å²) in [6, 6.07) is 16.3. The van der Waals surface area contributed by atoms with Crippen molar-refractivity contribution in [2.75, 3.05) is 6.61 Å². The van der Waals surface area contributed by atoms with Crippen molar-refractivity contribution in [2.45, 2.75) is 58.5 Å². The first-order chi connectivity index (χ1) is 16.1. The number of nitrogens with one attached hydrogen (secondary N) is 1. The molecule has 4 heteroatoms. The number of ether oxygens (including phenoxy) is 1. The van der Waals surface area contributed by atoms with Gasteiger partial charge >= 0.3 is 0 Å². The number of aromatic amines is 1. The van der Waals surface area contributed by atoms with E-state index in [2.05, 4.69) is 24.9 Å². The average Bonchev–Trinajstić information content (AvgIpc) is 2.82. The molecule has 0 amide bonds. The summed E-state index contributed by atoms with van der Waals surface area (Å²) in [5.74, 6) is -0.233. The Morgan fingerprint density at radius 2 is 1.73 bits per heavy atom. The normalized spacial score (nSPS) is 12.3. The molecule has 0 aliphatic heterocycles. The topological polar surface area (TPSA) is 42.1 Å². The predicted molar refractivity (Wildman–Crippen MR) is 136 cm³/mol. The molecule has 3 rings (SSSR count). The molecule has 0 fully saturated rings. The third-order valence-electron chi connectivity index (χ3n) is 5.75. The van der Waals surface area contributed by atoms with Crippen LogP contribution in [0.2, 0.25) is 0 Å². The zero-order valence-electron chi connectivity index (χ0n) is 19.6. The fourth-order valence-corrected chi connectivity index (χ4v) is 3.76. The summed E-state index contributed by atoms with van der Waals surface area (Å²) in [4.78, 5) is 13.9. The van der Waals surface area contributed by atoms with Gasteiger partial charge < -0.3 is 9.72 Å². The molecule has 3 aromatic rings. The molecule has 1 unspecified atom stereocenters. The van der Waals surface area contributed by atoms with E-state index in [1.54, 1.807) is 18.3 Å². The molecule has 33 heavy (non-hydrogen) atoms. The monoisotopic (exact) mass is 447 g/mol. The second-order valence-corrected chi connectivity index (χ2v) is 8.48. The number of halogens is 1. The molecule has 0 bridgehead atoms. The molecule has 0 aliphatic carbocycles. The lowest BCUT2D eigenvalue weighted by molar-refractivity contribution is 0.0566. The number of unbranched alkanes of at least 4 members (excludes halogenated alkanes) is 3. The third-order valence-corrected chi connectivity index (χ3v) is 5.75. The van der Waals surface area contributed by atoms with E-state index in [0.717, 1.165) is 54.5 Å². The lowest BCUT2D eigenvalue weighted by Gasteiger charge is -2.12. The highest BCUT2D eigenvalue weighted by Crippen LogP contribution is 2.27. The van der Waals surface area contributed by atoms with Crippen LogP contribution in [0.15, 0.2) is 71.7 Å². The number of aromatic nitrogens is 1. The van der Waals surface area contributed by atoms with E-state index in [9.17, 15) is 9.18 Å². The molecule has 174 valence electrons. The molecular formula is C29H34FNO2. The number of allylic oxidation sites excluding steroid dienone is 1. The highest BCUT2D eigenvalue weighted by atomic mass is 19.1. The molecule has 2 aromatic carbocycles. The fraction of sp³-hybridized carbons (Fsp3) is 0.345. The minimum Gasteiger partial charge on any atom is -0.379 e. The summed E-state index contributed by atoms with van der Waals surface area (Å²) in [5, 5.41) is 0. The van der Waals surface area contributed by atoms with Crippen LogP contribution in [0.1, 0.15) is 57.9 Å². The Balaban J connectivity index is 1.51. The number of hydrogen-bond acceptors (Lipinski definition) is 2. The first-order valence-electron chi connectivity index (χ1n) is 11.9. The van der Waals surface area contributed by atoms with E-state index in [0.29, 0.717) is 11.7 Å². The molecule has 1 atom stereocenters. The summed E-state index contributed by atoms with van der Waals surface area (Å²) in [6.45, 7) is 5.19. The van der Waals surface area contributed by atoms with Gasteiger partial charge in [0, 0.05) is 24.4 Å². The van der Waals surface area contributed by atoms with Crippen molar-refractivity contribution < 1.29 is 9.13 Å². The molecule has 0 aliphatic rings. The second-order valence-electron chi connectivity index (χ2n) is 8.48. The Hall–Kier alpha value is -2.98. The van der Waals surface area contributed by atoms with Crippen molar-refractivity contribution in [2.24, 2.45) is 0 Å². The van der Waals surface area contributed by atoms with Crippen LogP contribution in [0.3, 0.4) is 0 Å². The number of pyridine rings is 1. The minimum atomic E-state index is -0.233. The first-order valence-corrected chi connectivity index (χ1v) is 11.9. The van der Waals surface area contributed by atoms with Crippen LogP contribution >= 0.6 is 0 Å². The highest BCUT2D eigenvalue weighted by molar-refractivity contribution is 5.71. The largest absolute Gasteiger partial charge is 0.379 e. The summed E-state index contributed by atoms with van der Waals surface area (Å²) in [6.07, 6.45) is 12.7. The number of hydrogen-bond donors (Lipinski definition) is 1. The van der Waals surface area contributed by atoms with Gasteiger partial charge in [0.05, 0.1) is 6.10 Å². The van der Waals surface area contributed by atoms with Crippen molar-refractivity contribution in [3.05, 3.63) is 88.6 Å². The van der Waals surface area contributed by atoms with Crippen LogP contribution in [0, 0.1) is 5.82 Å². The van der Waals surface area contributed by atoms with E-state index in [-0.39, 0.29) is 11.4 Å². The maximum absolute atomic E-state index is 14.8. The van der Waals surface area contributed by atoms with Crippen LogP contribution in [-0.4, -0.2) is 17.7 Å². The minimum absolute atomic E-state index is 0.132. The second kappa shape index (κ2) is 12.9. The van der Waals surface area contributed by atoms with Gasteiger partial charge in [-0.05, 0) is 67.0 Å². The molecule has 0 saturated heterocycles. The van der Waals surface area contributed by atoms with Crippen molar-refractivity contribution in [3.8, 4) is 22.3 Å². The van der Waals surface area contributed by atoms with E-state index in [4.69, 9.17) is 4.74 Å². The Labute approximate surface area is 196 Å². The van der Waals surface area contributed by atoms with Crippen LogP contribution in [0.5, 0.6) is 0 Å². The van der Waals surface area contributed by atoms with Gasteiger partial charge in [0.1, 0.15) is 5.82 Å². The van der Waals surface area contributed by atoms with Gasteiger partial charge in [0.25, 0.3) is 0 Å². The lowest BCUT2D eigenvalue weighted by Crippen LogP contribution is -2.08. The maximum Gasteiger partial charge on any atom is 0.247 e. The molecule has 3 nitrogen and oxygen atoms in total. The van der Waals surface area contributed by atoms with Gasteiger partial charge in [0.15, 0.2) is 0 Å². The van der Waals surface area contributed by atoms with Gasteiger partial charge in [0.2, 0.25) is 5.56 Å². The first kappa shape index (κ1) is 24.7. The van der Waals surface area contributed by atoms with Crippen molar-refractivity contribution in [1.82, 2.24) is 4.98 Å². The molecule has 1 N–H and O–H groups in total. The van der Waals surface area contributed by atoms with Crippen LogP contribution < -0.4 is 5.56 Å². The average molecular weight is 448 g/mol. The van der Waals surface area contributed by atoms with Gasteiger partial charge in [-0.3, -0.25) is 4.79 Å². The SMILES string of the molecule is CCCCCOC(C)CCCC=Cc1ccc(-c2ccc(-c3ccc(=O)[nH]c3)cc2)c(F)c1. The quantitative estimate of drug-likeness (QED) is 0.290. The fourth-order valence-electron chi connectivity index (χ4n) is 3.76. The smallest absolute Gasteiger partial charge is 0.247 e. The van der Waals surface area contributed by atoms with E-state index < -0.39 is 0 Å². The summed E-state index contributed by atoms with van der Waals surface area (Å²) >= 11 is 0. The zero-order chi connectivity index (χ0) is 23.5. The number of benzene rings is 2. The molecular weight excluding hydrogens is 413 g/mol. The lowest BCUT2D eigenvalue weighted by atomic mass is 9.99. The number of H-pyrrole nitrogens is 1. The standard InChI is InChI=1S/C29H34FNO2/c1-3-4-8-19-33-22(2)9-6-5-7-10-23-11-17-27(28(30)20-23)25-14-12-24(13-15-25)26-16-18-29(32)31-21-26/h7,10-18,20-22H,3-6,8-9,19H2,1-2H3,(H,31,32). The van der Waals surface area contributed by atoms with E-state index in [1.165, 1.54) is 18.9 Å². The van der Waals surface area contributed by atoms with Crippen molar-refractivity contribution in [3.63, 3.8) is 0 Å².